The Morgan fingerprint density at radius 1 is 0.913 bits per heavy atom. The molecule has 0 fully saturated rings. The van der Waals surface area contributed by atoms with Crippen molar-refractivity contribution >= 4 is 17.9 Å². The molecule has 0 saturated carbocycles. The molecule has 0 N–H and O–H groups in total. The van der Waals surface area contributed by atoms with Gasteiger partial charge in [0.05, 0.1) is 24.1 Å². The van der Waals surface area contributed by atoms with Gasteiger partial charge in [0, 0.05) is 5.56 Å². The average molecular weight is 320 g/mol. The third-order valence-corrected chi connectivity index (χ3v) is 3.43. The predicted molar refractivity (Wildman–Crippen MR) is 78.8 cm³/mol. The fourth-order valence-electron chi connectivity index (χ4n) is 2.14. The monoisotopic (exact) mass is 320 g/mol. The second-order valence-corrected chi connectivity index (χ2v) is 5.24. The Balaban J connectivity index is 2.58. The summed E-state index contributed by atoms with van der Waals surface area (Å²) in [6, 6.07) is 3.04. The van der Waals surface area contributed by atoms with Gasteiger partial charge in [-0.3, -0.25) is 0 Å². The fourth-order valence-corrected chi connectivity index (χ4v) is 2.14. The molecule has 0 unspecified atom stereocenters. The van der Waals surface area contributed by atoms with Crippen molar-refractivity contribution in [1.29, 1.82) is 0 Å². The zero-order valence-electron chi connectivity index (χ0n) is 13.1. The zero-order valence-corrected chi connectivity index (χ0v) is 13.1. The molecule has 0 heterocycles. The zero-order chi connectivity index (χ0) is 17.2. The highest BCUT2D eigenvalue weighted by Gasteiger charge is 2.14. The van der Waals surface area contributed by atoms with E-state index in [1.54, 1.807) is 0 Å². The van der Waals surface area contributed by atoms with Crippen LogP contribution < -0.4 is 10.2 Å². The Morgan fingerprint density at radius 3 is 2.17 bits per heavy atom. The maximum absolute atomic E-state index is 11.9. The maximum Gasteiger partial charge on any atom is 0.338 e. The Labute approximate surface area is 135 Å². The molecule has 0 aliphatic rings. The van der Waals surface area contributed by atoms with Gasteiger partial charge in [0.2, 0.25) is 0 Å². The number of carboxylic acid groups (broad SMARTS) is 2. The number of benzene rings is 1. The Kier molecular flexibility index (Phi) is 7.80. The molecule has 0 aliphatic carbocycles. The van der Waals surface area contributed by atoms with Crippen LogP contribution in [0.3, 0.4) is 0 Å². The lowest BCUT2D eigenvalue weighted by atomic mass is 10.0. The lowest BCUT2D eigenvalue weighted by Gasteiger charge is -2.12. The van der Waals surface area contributed by atoms with Crippen molar-refractivity contribution in [2.75, 3.05) is 6.61 Å². The van der Waals surface area contributed by atoms with Crippen LogP contribution in [0, 0.1) is 0 Å². The van der Waals surface area contributed by atoms with Crippen molar-refractivity contribution in [3.05, 3.63) is 34.9 Å². The molecule has 0 saturated heterocycles. The molecule has 0 radical (unpaired) electrons. The molecule has 0 bridgehead atoms. The summed E-state index contributed by atoms with van der Waals surface area (Å²) in [5, 5.41) is 21.8. The summed E-state index contributed by atoms with van der Waals surface area (Å²) in [6.45, 7) is 2.32. The van der Waals surface area contributed by atoms with Gasteiger partial charge >= 0.3 is 5.97 Å². The molecule has 6 nitrogen and oxygen atoms in total. The first-order valence-corrected chi connectivity index (χ1v) is 7.71. The molecular formula is C17H20O6-2. The normalized spacial score (nSPS) is 10.3. The molecule has 0 amide bonds. The number of esters is 1. The van der Waals surface area contributed by atoms with E-state index in [4.69, 9.17) is 4.74 Å². The molecule has 126 valence electrons. The van der Waals surface area contributed by atoms with Gasteiger partial charge in [0.25, 0.3) is 0 Å². The second-order valence-electron chi connectivity index (χ2n) is 5.24. The van der Waals surface area contributed by atoms with E-state index in [9.17, 15) is 24.6 Å². The Bertz CT molecular complexity index is 564. The number of aromatic carboxylic acids is 2. The molecule has 23 heavy (non-hydrogen) atoms. The van der Waals surface area contributed by atoms with Gasteiger partial charge in [0.1, 0.15) is 0 Å². The summed E-state index contributed by atoms with van der Waals surface area (Å²) in [6.07, 6.45) is 6.18. The SMILES string of the molecule is CCCCCCCCOC(=O)c1ccc(C(=O)[O-])cc1C(=O)[O-]. The maximum atomic E-state index is 11.9. The van der Waals surface area contributed by atoms with Crippen molar-refractivity contribution < 1.29 is 29.3 Å². The predicted octanol–water partition coefficient (Wildman–Crippen LogP) is 0.931. The first kappa shape index (κ1) is 18.7. The van der Waals surface area contributed by atoms with E-state index in [2.05, 4.69) is 6.92 Å². The van der Waals surface area contributed by atoms with Gasteiger partial charge in [-0.25, -0.2) is 4.79 Å². The van der Waals surface area contributed by atoms with E-state index >= 15 is 0 Å². The summed E-state index contributed by atoms with van der Waals surface area (Å²) in [4.78, 5) is 33.7. The third-order valence-electron chi connectivity index (χ3n) is 3.43. The minimum absolute atomic E-state index is 0.194. The fraction of sp³-hybridized carbons (Fsp3) is 0.471. The number of carbonyl (C=O) groups is 3. The highest BCUT2D eigenvalue weighted by Crippen LogP contribution is 2.14. The lowest BCUT2D eigenvalue weighted by molar-refractivity contribution is -0.255. The van der Waals surface area contributed by atoms with Crippen LogP contribution in [0.15, 0.2) is 18.2 Å². The van der Waals surface area contributed by atoms with Gasteiger partial charge in [-0.1, -0.05) is 45.1 Å². The van der Waals surface area contributed by atoms with Crippen LogP contribution in [0.25, 0.3) is 0 Å². The molecule has 1 aromatic rings. The number of unbranched alkanes of at least 4 members (excludes halogenated alkanes) is 5. The summed E-state index contributed by atoms with van der Waals surface area (Å²) >= 11 is 0. The van der Waals surface area contributed by atoms with Crippen LogP contribution in [0.1, 0.15) is 76.5 Å². The summed E-state index contributed by atoms with van der Waals surface area (Å²) in [5.41, 5.74) is -1.07. The van der Waals surface area contributed by atoms with E-state index in [-0.39, 0.29) is 17.7 Å². The van der Waals surface area contributed by atoms with E-state index in [1.807, 2.05) is 0 Å². The van der Waals surface area contributed by atoms with Gasteiger partial charge in [-0.2, -0.15) is 0 Å². The van der Waals surface area contributed by atoms with Gasteiger partial charge in [-0.15, -0.1) is 0 Å². The summed E-state index contributed by atoms with van der Waals surface area (Å²) in [5.74, 6) is -3.97. The quantitative estimate of drug-likeness (QED) is 0.469. The Morgan fingerprint density at radius 2 is 1.57 bits per heavy atom. The van der Waals surface area contributed by atoms with Crippen LogP contribution in [0.4, 0.5) is 0 Å². The van der Waals surface area contributed by atoms with Crippen molar-refractivity contribution in [2.45, 2.75) is 45.4 Å². The third kappa shape index (κ3) is 6.10. The van der Waals surface area contributed by atoms with Crippen LogP contribution in [0.5, 0.6) is 0 Å². The van der Waals surface area contributed by atoms with E-state index < -0.39 is 23.5 Å². The molecule has 1 rings (SSSR count). The van der Waals surface area contributed by atoms with E-state index in [1.165, 1.54) is 6.42 Å². The number of carbonyl (C=O) groups excluding carboxylic acids is 3. The minimum atomic E-state index is -1.64. The highest BCUT2D eigenvalue weighted by molar-refractivity contribution is 6.03. The number of hydrogen-bond donors (Lipinski definition) is 0. The molecule has 1 aromatic carbocycles. The number of rotatable bonds is 10. The minimum Gasteiger partial charge on any atom is -0.545 e. The molecular weight excluding hydrogens is 300 g/mol. The first-order chi connectivity index (χ1) is 11.0. The van der Waals surface area contributed by atoms with Crippen LogP contribution >= 0.6 is 0 Å². The van der Waals surface area contributed by atoms with Crippen LogP contribution in [-0.4, -0.2) is 24.5 Å². The molecule has 6 heteroatoms. The molecule has 0 spiro atoms. The topological polar surface area (TPSA) is 107 Å². The largest absolute Gasteiger partial charge is 0.545 e. The van der Waals surface area contributed by atoms with Gasteiger partial charge in [-0.05, 0) is 24.1 Å². The van der Waals surface area contributed by atoms with Crippen molar-refractivity contribution in [1.82, 2.24) is 0 Å². The Hall–Kier alpha value is -2.37. The number of carboxylic acids is 2. The van der Waals surface area contributed by atoms with E-state index in [0.29, 0.717) is 6.42 Å². The number of hydrogen-bond acceptors (Lipinski definition) is 6. The molecule has 0 aliphatic heterocycles. The highest BCUT2D eigenvalue weighted by atomic mass is 16.5. The summed E-state index contributed by atoms with van der Waals surface area (Å²) < 4.78 is 5.03. The second kappa shape index (κ2) is 9.61. The van der Waals surface area contributed by atoms with Crippen molar-refractivity contribution in [2.24, 2.45) is 0 Å². The molecule has 0 aromatic heterocycles. The van der Waals surface area contributed by atoms with Crippen molar-refractivity contribution in [3.8, 4) is 0 Å². The van der Waals surface area contributed by atoms with Crippen LogP contribution in [0.2, 0.25) is 0 Å². The molecule has 0 atom stereocenters. The summed E-state index contributed by atoms with van der Waals surface area (Å²) in [7, 11) is 0. The standard InChI is InChI=1S/C17H22O6/c1-2-3-4-5-6-7-10-23-17(22)13-9-8-12(15(18)19)11-14(13)16(20)21/h8-9,11H,2-7,10H2,1H3,(H,18,19)(H,20,21)/p-2. The van der Waals surface area contributed by atoms with Crippen molar-refractivity contribution in [3.63, 3.8) is 0 Å². The average Bonchev–Trinajstić information content (AvgIpc) is 2.53. The van der Waals surface area contributed by atoms with E-state index in [0.717, 1.165) is 43.9 Å². The van der Waals surface area contributed by atoms with Gasteiger partial charge in [0.15, 0.2) is 0 Å². The lowest BCUT2D eigenvalue weighted by Crippen LogP contribution is -2.28. The first-order valence-electron chi connectivity index (χ1n) is 7.71. The smallest absolute Gasteiger partial charge is 0.338 e. The number of ether oxygens (including phenoxy) is 1. The van der Waals surface area contributed by atoms with Crippen LogP contribution in [-0.2, 0) is 4.74 Å². The van der Waals surface area contributed by atoms with Gasteiger partial charge < -0.3 is 24.5 Å².